The lowest BCUT2D eigenvalue weighted by molar-refractivity contribution is 1.40. The van der Waals surface area contributed by atoms with Gasteiger partial charge in [-0.3, -0.25) is 0 Å². The third-order valence-corrected chi connectivity index (χ3v) is 6.58. The summed E-state index contributed by atoms with van der Waals surface area (Å²) in [5.74, 6) is 0. The van der Waals surface area contributed by atoms with Gasteiger partial charge < -0.3 is 0 Å². The molecular formula is C22H16N2S2. The van der Waals surface area contributed by atoms with Gasteiger partial charge in [0, 0.05) is 30.6 Å². The van der Waals surface area contributed by atoms with Gasteiger partial charge in [0.15, 0.2) is 0 Å². The summed E-state index contributed by atoms with van der Waals surface area (Å²) in [7, 11) is 0. The van der Waals surface area contributed by atoms with Crippen molar-refractivity contribution in [2.24, 2.45) is 0 Å². The normalized spacial score (nSPS) is 11.5. The van der Waals surface area contributed by atoms with Crippen molar-refractivity contribution in [2.45, 2.75) is 13.8 Å². The van der Waals surface area contributed by atoms with Crippen LogP contribution in [0.2, 0.25) is 0 Å². The van der Waals surface area contributed by atoms with Gasteiger partial charge in [-0.2, -0.15) is 0 Å². The molecule has 5 aromatic rings. The highest BCUT2D eigenvalue weighted by Crippen LogP contribution is 2.39. The largest absolute Gasteiger partial charge is 0.244 e. The molecule has 0 bridgehead atoms. The summed E-state index contributed by atoms with van der Waals surface area (Å²) >= 11 is 3.60. The minimum absolute atomic E-state index is 0.939. The fourth-order valence-electron chi connectivity index (χ4n) is 3.26. The van der Waals surface area contributed by atoms with Crippen LogP contribution in [0.15, 0.2) is 60.7 Å². The van der Waals surface area contributed by atoms with E-state index in [4.69, 9.17) is 9.97 Å². The highest BCUT2D eigenvalue weighted by molar-refractivity contribution is 7.16. The molecule has 2 nitrogen and oxygen atoms in total. The van der Waals surface area contributed by atoms with Crippen molar-refractivity contribution >= 4 is 44.7 Å². The Morgan fingerprint density at radius 2 is 1.04 bits per heavy atom. The molecule has 0 radical (unpaired) electrons. The maximum Gasteiger partial charge on any atom is 0.0987 e. The summed E-state index contributed by atoms with van der Waals surface area (Å²) < 4.78 is 0. The second-order valence-electron chi connectivity index (χ2n) is 6.39. The van der Waals surface area contributed by atoms with Crippen LogP contribution in [0.1, 0.15) is 9.75 Å². The molecule has 0 spiro atoms. The number of para-hydroxylation sites is 2. The van der Waals surface area contributed by atoms with Gasteiger partial charge in [-0.1, -0.05) is 24.3 Å². The monoisotopic (exact) mass is 372 g/mol. The zero-order chi connectivity index (χ0) is 17.7. The lowest BCUT2D eigenvalue weighted by Crippen LogP contribution is -1.92. The Kier molecular flexibility index (Phi) is 3.62. The molecule has 4 heteroatoms. The molecule has 26 heavy (non-hydrogen) atoms. The SMILES string of the molecule is Cc1ccc(-c2ccc(-c3ccc(C)s3)c3nc4ccccc4nc23)s1. The van der Waals surface area contributed by atoms with Crippen LogP contribution in [0.3, 0.4) is 0 Å². The molecule has 0 aliphatic rings. The van der Waals surface area contributed by atoms with Gasteiger partial charge in [0.05, 0.1) is 22.1 Å². The Labute approximate surface area is 159 Å². The first kappa shape index (κ1) is 15.7. The van der Waals surface area contributed by atoms with Crippen LogP contribution >= 0.6 is 22.7 Å². The highest BCUT2D eigenvalue weighted by atomic mass is 32.1. The van der Waals surface area contributed by atoms with Gasteiger partial charge in [-0.15, -0.1) is 22.7 Å². The van der Waals surface area contributed by atoms with Crippen molar-refractivity contribution in [3.05, 3.63) is 70.4 Å². The zero-order valence-electron chi connectivity index (χ0n) is 14.5. The summed E-state index contributed by atoms with van der Waals surface area (Å²) in [6.07, 6.45) is 0. The van der Waals surface area contributed by atoms with Crippen molar-refractivity contribution < 1.29 is 0 Å². The van der Waals surface area contributed by atoms with E-state index in [2.05, 4.69) is 50.2 Å². The Morgan fingerprint density at radius 3 is 1.42 bits per heavy atom. The molecule has 0 atom stereocenters. The Bertz CT molecular complexity index is 1170. The van der Waals surface area contributed by atoms with Gasteiger partial charge in [-0.25, -0.2) is 9.97 Å². The maximum absolute atomic E-state index is 5.01. The fraction of sp³-hybridized carbons (Fsp3) is 0.0909. The standard InChI is InChI=1S/C22H16N2S2/c1-13-7-11-19(25-13)15-9-10-16(20-12-8-14(2)26-20)22-21(15)23-17-5-3-4-6-18(17)24-22/h3-12H,1-2H3. The van der Waals surface area contributed by atoms with Gasteiger partial charge in [0.1, 0.15) is 0 Å². The number of hydrogen-bond donors (Lipinski definition) is 0. The van der Waals surface area contributed by atoms with E-state index < -0.39 is 0 Å². The Hall–Kier alpha value is -2.56. The van der Waals surface area contributed by atoms with Crippen LogP contribution < -0.4 is 0 Å². The van der Waals surface area contributed by atoms with E-state index in [-0.39, 0.29) is 0 Å². The molecule has 0 aliphatic heterocycles. The summed E-state index contributed by atoms with van der Waals surface area (Å²) in [4.78, 5) is 15.1. The first-order valence-electron chi connectivity index (χ1n) is 8.52. The summed E-state index contributed by atoms with van der Waals surface area (Å²) in [5.41, 5.74) is 6.16. The third kappa shape index (κ3) is 2.54. The van der Waals surface area contributed by atoms with Crippen molar-refractivity contribution in [1.82, 2.24) is 9.97 Å². The average Bonchev–Trinajstić information content (AvgIpc) is 3.27. The van der Waals surface area contributed by atoms with Crippen LogP contribution in [-0.2, 0) is 0 Å². The van der Waals surface area contributed by atoms with Crippen molar-refractivity contribution in [2.75, 3.05) is 0 Å². The molecule has 3 aromatic heterocycles. The predicted octanol–water partition coefficient (Wildman–Crippen LogP) is 6.86. The smallest absolute Gasteiger partial charge is 0.0987 e. The minimum Gasteiger partial charge on any atom is -0.244 e. The van der Waals surface area contributed by atoms with Crippen molar-refractivity contribution in [3.63, 3.8) is 0 Å². The molecule has 0 saturated heterocycles. The second kappa shape index (κ2) is 6.01. The number of thiophene rings is 2. The Morgan fingerprint density at radius 1 is 0.577 bits per heavy atom. The van der Waals surface area contributed by atoms with Gasteiger partial charge in [0.2, 0.25) is 0 Å². The molecule has 3 heterocycles. The summed E-state index contributed by atoms with van der Waals surface area (Å²) in [5, 5.41) is 0. The molecule has 0 saturated carbocycles. The van der Waals surface area contributed by atoms with Crippen LogP contribution in [-0.4, -0.2) is 9.97 Å². The van der Waals surface area contributed by atoms with Crippen molar-refractivity contribution in [1.29, 1.82) is 0 Å². The summed E-state index contributed by atoms with van der Waals surface area (Å²) in [6.45, 7) is 4.28. The lowest BCUT2D eigenvalue weighted by Gasteiger charge is -2.09. The first-order chi connectivity index (χ1) is 12.7. The minimum atomic E-state index is 0.939. The summed E-state index contributed by atoms with van der Waals surface area (Å²) in [6, 6.07) is 21.2. The zero-order valence-corrected chi connectivity index (χ0v) is 16.1. The third-order valence-electron chi connectivity index (χ3n) is 4.51. The quantitative estimate of drug-likeness (QED) is 0.316. The van der Waals surface area contributed by atoms with E-state index in [9.17, 15) is 0 Å². The van der Waals surface area contributed by atoms with Crippen LogP contribution in [0.5, 0.6) is 0 Å². The lowest BCUT2D eigenvalue weighted by atomic mass is 10.0. The number of aromatic nitrogens is 2. The molecule has 0 amide bonds. The number of rotatable bonds is 2. The fourth-order valence-corrected chi connectivity index (χ4v) is 5.04. The van der Waals surface area contributed by atoms with E-state index in [1.807, 2.05) is 24.3 Å². The van der Waals surface area contributed by atoms with Gasteiger partial charge in [-0.05, 0) is 50.2 Å². The van der Waals surface area contributed by atoms with E-state index in [0.717, 1.165) is 33.2 Å². The molecule has 0 unspecified atom stereocenters. The second-order valence-corrected chi connectivity index (χ2v) is 8.97. The van der Waals surface area contributed by atoms with Crippen LogP contribution in [0, 0.1) is 13.8 Å². The molecule has 0 aliphatic carbocycles. The van der Waals surface area contributed by atoms with Crippen LogP contribution in [0.25, 0.3) is 42.9 Å². The predicted molar refractivity (Wildman–Crippen MR) is 113 cm³/mol. The van der Waals surface area contributed by atoms with Gasteiger partial charge >= 0.3 is 0 Å². The van der Waals surface area contributed by atoms with Crippen LogP contribution in [0.4, 0.5) is 0 Å². The number of nitrogens with zero attached hydrogens (tertiary/aromatic N) is 2. The molecule has 2 aromatic carbocycles. The Balaban J connectivity index is 1.89. The first-order valence-corrected chi connectivity index (χ1v) is 10.2. The molecule has 126 valence electrons. The van der Waals surface area contributed by atoms with E-state index in [0.29, 0.717) is 0 Å². The number of aryl methyl sites for hydroxylation is 2. The number of hydrogen-bond acceptors (Lipinski definition) is 4. The van der Waals surface area contributed by atoms with Crippen molar-refractivity contribution in [3.8, 4) is 20.9 Å². The number of benzene rings is 2. The van der Waals surface area contributed by atoms with E-state index in [1.54, 1.807) is 22.7 Å². The average molecular weight is 373 g/mol. The molecule has 0 fully saturated rings. The molecule has 0 N–H and O–H groups in total. The molecule has 5 rings (SSSR count). The highest BCUT2D eigenvalue weighted by Gasteiger charge is 2.15. The maximum atomic E-state index is 5.01. The topological polar surface area (TPSA) is 25.8 Å². The van der Waals surface area contributed by atoms with E-state index in [1.165, 1.54) is 19.5 Å². The van der Waals surface area contributed by atoms with E-state index >= 15 is 0 Å². The van der Waals surface area contributed by atoms with Gasteiger partial charge in [0.25, 0.3) is 0 Å². The molecular weight excluding hydrogens is 356 g/mol. The number of fused-ring (bicyclic) bond motifs is 2.